The number of nitrogens with zero attached hydrogens (tertiary/aromatic N) is 1. The standard InChI is InChI=1S/C8H8N2O3/c1-4(11)7-5(9)2-3-6(10-7)8(12)13/h2-3H,9H2,1H3,(H,12,13). The SMILES string of the molecule is CC(=O)c1nc(C(=O)O)ccc1N. The van der Waals surface area contributed by atoms with Gasteiger partial charge in [0, 0.05) is 6.92 Å². The second-order valence-corrected chi connectivity index (χ2v) is 2.50. The monoisotopic (exact) mass is 180 g/mol. The molecule has 0 aliphatic carbocycles. The van der Waals surface area contributed by atoms with Gasteiger partial charge in [-0.25, -0.2) is 9.78 Å². The number of nitrogens with two attached hydrogens (primary N) is 1. The van der Waals surface area contributed by atoms with Crippen LogP contribution < -0.4 is 5.73 Å². The third-order valence-corrected chi connectivity index (χ3v) is 1.48. The van der Waals surface area contributed by atoms with Gasteiger partial charge in [0.1, 0.15) is 11.4 Å². The van der Waals surface area contributed by atoms with E-state index in [0.29, 0.717) is 0 Å². The van der Waals surface area contributed by atoms with Crippen LogP contribution >= 0.6 is 0 Å². The van der Waals surface area contributed by atoms with Gasteiger partial charge in [-0.05, 0) is 12.1 Å². The molecule has 5 heteroatoms. The first kappa shape index (κ1) is 9.18. The summed E-state index contributed by atoms with van der Waals surface area (Å²) >= 11 is 0. The largest absolute Gasteiger partial charge is 0.477 e. The molecule has 1 aromatic rings. The normalized spacial score (nSPS) is 9.62. The third kappa shape index (κ3) is 1.81. The van der Waals surface area contributed by atoms with Crippen LogP contribution in [-0.2, 0) is 0 Å². The summed E-state index contributed by atoms with van der Waals surface area (Å²) < 4.78 is 0. The Kier molecular flexibility index (Phi) is 2.27. The second kappa shape index (κ2) is 3.22. The molecule has 0 saturated carbocycles. The van der Waals surface area contributed by atoms with Gasteiger partial charge in [-0.1, -0.05) is 0 Å². The Labute approximate surface area is 74.2 Å². The van der Waals surface area contributed by atoms with Gasteiger partial charge in [0.2, 0.25) is 0 Å². The van der Waals surface area contributed by atoms with Crippen molar-refractivity contribution in [2.75, 3.05) is 5.73 Å². The lowest BCUT2D eigenvalue weighted by atomic mass is 10.2. The van der Waals surface area contributed by atoms with Crippen LogP contribution in [0, 0.1) is 0 Å². The minimum absolute atomic E-state index is 0.0000926. The summed E-state index contributed by atoms with van der Waals surface area (Å²) in [7, 11) is 0. The number of rotatable bonds is 2. The first-order valence-corrected chi connectivity index (χ1v) is 3.53. The molecule has 1 heterocycles. The van der Waals surface area contributed by atoms with E-state index in [1.165, 1.54) is 19.1 Å². The van der Waals surface area contributed by atoms with Crippen LogP contribution in [0.2, 0.25) is 0 Å². The van der Waals surface area contributed by atoms with E-state index in [0.717, 1.165) is 0 Å². The molecule has 0 saturated heterocycles. The molecule has 0 aliphatic heterocycles. The van der Waals surface area contributed by atoms with Gasteiger partial charge in [0.25, 0.3) is 0 Å². The molecule has 1 rings (SSSR count). The first-order valence-electron chi connectivity index (χ1n) is 3.53. The highest BCUT2D eigenvalue weighted by atomic mass is 16.4. The van der Waals surface area contributed by atoms with Crippen LogP contribution in [0.1, 0.15) is 27.9 Å². The number of carboxylic acid groups (broad SMARTS) is 1. The summed E-state index contributed by atoms with van der Waals surface area (Å²) in [5.41, 5.74) is 5.43. The maximum atomic E-state index is 10.9. The van der Waals surface area contributed by atoms with Crippen LogP contribution in [-0.4, -0.2) is 21.8 Å². The van der Waals surface area contributed by atoms with E-state index in [9.17, 15) is 9.59 Å². The number of Topliss-reactive ketones (excluding diaryl/α,β-unsaturated/α-hetero) is 1. The lowest BCUT2D eigenvalue weighted by molar-refractivity contribution is 0.0690. The van der Waals surface area contributed by atoms with E-state index in [1.54, 1.807) is 0 Å². The van der Waals surface area contributed by atoms with E-state index in [4.69, 9.17) is 10.8 Å². The zero-order valence-electron chi connectivity index (χ0n) is 6.94. The fourth-order valence-corrected chi connectivity index (χ4v) is 0.871. The van der Waals surface area contributed by atoms with Crippen molar-refractivity contribution in [2.45, 2.75) is 6.92 Å². The minimum Gasteiger partial charge on any atom is -0.477 e. The van der Waals surface area contributed by atoms with Crippen LogP contribution in [0.25, 0.3) is 0 Å². The molecule has 0 spiro atoms. The topological polar surface area (TPSA) is 93.3 Å². The number of aromatic carboxylic acids is 1. The number of aromatic nitrogens is 1. The highest BCUT2D eigenvalue weighted by molar-refractivity contribution is 5.98. The smallest absolute Gasteiger partial charge is 0.354 e. The van der Waals surface area contributed by atoms with Gasteiger partial charge >= 0.3 is 5.97 Å². The Balaban J connectivity index is 3.27. The maximum Gasteiger partial charge on any atom is 0.354 e. The van der Waals surface area contributed by atoms with E-state index >= 15 is 0 Å². The summed E-state index contributed by atoms with van der Waals surface area (Å²) in [5, 5.41) is 8.57. The van der Waals surface area contributed by atoms with Gasteiger partial charge in [0.05, 0.1) is 5.69 Å². The molecule has 1 aromatic heterocycles. The van der Waals surface area contributed by atoms with Crippen LogP contribution in [0.3, 0.4) is 0 Å². The van der Waals surface area contributed by atoms with E-state index in [1.807, 2.05) is 0 Å². The highest BCUT2D eigenvalue weighted by Crippen LogP contribution is 2.10. The van der Waals surface area contributed by atoms with Gasteiger partial charge in [-0.15, -0.1) is 0 Å². The summed E-state index contributed by atoms with van der Waals surface area (Å²) in [6, 6.07) is 2.61. The zero-order valence-corrected chi connectivity index (χ0v) is 6.94. The number of carbonyl (C=O) groups is 2. The van der Waals surface area contributed by atoms with Crippen molar-refractivity contribution in [3.05, 3.63) is 23.5 Å². The fourth-order valence-electron chi connectivity index (χ4n) is 0.871. The molecule has 0 fully saturated rings. The van der Waals surface area contributed by atoms with Crippen molar-refractivity contribution >= 4 is 17.4 Å². The molecule has 0 radical (unpaired) electrons. The van der Waals surface area contributed by atoms with Crippen molar-refractivity contribution in [1.82, 2.24) is 4.98 Å². The zero-order chi connectivity index (χ0) is 10.0. The third-order valence-electron chi connectivity index (χ3n) is 1.48. The molecule has 0 bridgehead atoms. The second-order valence-electron chi connectivity index (χ2n) is 2.50. The van der Waals surface area contributed by atoms with Gasteiger partial charge in [0.15, 0.2) is 5.78 Å². The number of hydrogen-bond donors (Lipinski definition) is 2. The molecule has 0 amide bonds. The highest BCUT2D eigenvalue weighted by Gasteiger charge is 2.11. The van der Waals surface area contributed by atoms with Crippen molar-refractivity contribution in [3.63, 3.8) is 0 Å². The summed E-state index contributed by atoms with van der Waals surface area (Å²) in [6.07, 6.45) is 0. The molecule has 0 unspecified atom stereocenters. The fraction of sp³-hybridized carbons (Fsp3) is 0.125. The van der Waals surface area contributed by atoms with Crippen molar-refractivity contribution in [3.8, 4) is 0 Å². The van der Waals surface area contributed by atoms with E-state index in [-0.39, 0.29) is 22.9 Å². The number of carboxylic acids is 1. The van der Waals surface area contributed by atoms with Crippen molar-refractivity contribution < 1.29 is 14.7 Å². The number of hydrogen-bond acceptors (Lipinski definition) is 4. The molecule has 3 N–H and O–H groups in total. The molecular weight excluding hydrogens is 172 g/mol. The van der Waals surface area contributed by atoms with Gasteiger partial charge < -0.3 is 10.8 Å². The molecule has 5 nitrogen and oxygen atoms in total. The number of carbonyl (C=O) groups excluding carboxylic acids is 1. The first-order chi connectivity index (χ1) is 6.02. The number of anilines is 1. The van der Waals surface area contributed by atoms with Crippen LogP contribution in [0.4, 0.5) is 5.69 Å². The lowest BCUT2D eigenvalue weighted by Gasteiger charge is -2.01. The number of pyridine rings is 1. The number of ketones is 1. The molecule has 0 aromatic carbocycles. The van der Waals surface area contributed by atoms with Crippen LogP contribution in [0.15, 0.2) is 12.1 Å². The average Bonchev–Trinajstić information content (AvgIpc) is 2.04. The Morgan fingerprint density at radius 2 is 2.08 bits per heavy atom. The Bertz CT molecular complexity index is 374. The molecular formula is C8H8N2O3. The van der Waals surface area contributed by atoms with Crippen molar-refractivity contribution in [2.24, 2.45) is 0 Å². The molecule has 13 heavy (non-hydrogen) atoms. The summed E-state index contributed by atoms with van der Waals surface area (Å²) in [4.78, 5) is 25.0. The predicted molar refractivity (Wildman–Crippen MR) is 45.6 cm³/mol. The number of nitrogen functional groups attached to an aromatic ring is 1. The molecule has 0 aliphatic rings. The van der Waals surface area contributed by atoms with Gasteiger partial charge in [-0.2, -0.15) is 0 Å². The summed E-state index contributed by atoms with van der Waals surface area (Å²) in [6.45, 7) is 1.28. The Morgan fingerprint density at radius 1 is 1.46 bits per heavy atom. The predicted octanol–water partition coefficient (Wildman–Crippen LogP) is 0.565. The Morgan fingerprint density at radius 3 is 2.54 bits per heavy atom. The molecule has 68 valence electrons. The maximum absolute atomic E-state index is 10.9. The average molecular weight is 180 g/mol. The van der Waals surface area contributed by atoms with Crippen molar-refractivity contribution in [1.29, 1.82) is 0 Å². The van der Waals surface area contributed by atoms with E-state index < -0.39 is 5.97 Å². The molecule has 0 atom stereocenters. The lowest BCUT2D eigenvalue weighted by Crippen LogP contribution is -2.08. The Hall–Kier alpha value is -1.91. The van der Waals surface area contributed by atoms with Crippen LogP contribution in [0.5, 0.6) is 0 Å². The minimum atomic E-state index is -1.18. The quantitative estimate of drug-likeness (QED) is 0.648. The summed E-state index contributed by atoms with van der Waals surface area (Å²) in [5.74, 6) is -1.52. The van der Waals surface area contributed by atoms with Gasteiger partial charge in [-0.3, -0.25) is 4.79 Å². The van der Waals surface area contributed by atoms with E-state index in [2.05, 4.69) is 4.98 Å².